The van der Waals surface area contributed by atoms with Crippen LogP contribution in [0.25, 0.3) is 0 Å². The Morgan fingerprint density at radius 1 is 1.31 bits per heavy atom. The summed E-state index contributed by atoms with van der Waals surface area (Å²) in [7, 11) is 0. The van der Waals surface area contributed by atoms with Gasteiger partial charge in [-0.2, -0.15) is 0 Å². The first-order chi connectivity index (χ1) is 7.45. The lowest BCUT2D eigenvalue weighted by Crippen LogP contribution is -2.09. The predicted molar refractivity (Wildman–Crippen MR) is 71.8 cm³/mol. The van der Waals surface area contributed by atoms with E-state index in [1.807, 2.05) is 25.6 Å². The number of aromatic nitrogens is 1. The number of hydrogen-bond acceptors (Lipinski definition) is 3. The van der Waals surface area contributed by atoms with Crippen LogP contribution in [0.15, 0.2) is 11.0 Å². The molecule has 0 bridgehead atoms. The van der Waals surface area contributed by atoms with E-state index in [9.17, 15) is 0 Å². The lowest BCUT2D eigenvalue weighted by atomic mass is 10.1. The topological polar surface area (TPSA) is 38.9 Å². The van der Waals surface area contributed by atoms with Gasteiger partial charge in [0.05, 0.1) is 0 Å². The number of pyridine rings is 1. The summed E-state index contributed by atoms with van der Waals surface area (Å²) in [4.78, 5) is 5.76. The summed E-state index contributed by atoms with van der Waals surface area (Å²) in [5, 5.41) is 0.603. The highest BCUT2D eigenvalue weighted by Gasteiger charge is 2.13. The van der Waals surface area contributed by atoms with Crippen LogP contribution in [0, 0.1) is 19.8 Å². The molecular weight excluding hydrogens is 216 g/mol. The molecule has 90 valence electrons. The zero-order valence-electron chi connectivity index (χ0n) is 10.9. The van der Waals surface area contributed by atoms with Crippen LogP contribution in [-0.4, -0.2) is 10.2 Å². The molecule has 0 amide bonds. The second-order valence-corrected chi connectivity index (χ2v) is 6.02. The standard InChI is InChI=1S/C13H22N2S/c1-8(2)11(5)16-13-6-9(3)15-10(4)12(13)7-14/h6,8,11H,7,14H2,1-5H3. The number of aryl methyl sites for hydroxylation is 2. The van der Waals surface area contributed by atoms with Gasteiger partial charge in [0.1, 0.15) is 0 Å². The Hall–Kier alpha value is -0.540. The maximum Gasteiger partial charge on any atom is 0.0431 e. The highest BCUT2D eigenvalue weighted by Crippen LogP contribution is 2.31. The lowest BCUT2D eigenvalue weighted by Gasteiger charge is -2.18. The molecule has 1 aromatic rings. The Kier molecular flexibility index (Phi) is 4.81. The largest absolute Gasteiger partial charge is 0.326 e. The maximum absolute atomic E-state index is 5.80. The number of nitrogens with two attached hydrogens (primary N) is 1. The van der Waals surface area contributed by atoms with Gasteiger partial charge in [0.2, 0.25) is 0 Å². The van der Waals surface area contributed by atoms with Crippen molar-refractivity contribution in [3.8, 4) is 0 Å². The molecule has 0 aliphatic heterocycles. The lowest BCUT2D eigenvalue weighted by molar-refractivity contribution is 0.642. The van der Waals surface area contributed by atoms with Crippen LogP contribution < -0.4 is 5.73 Å². The zero-order chi connectivity index (χ0) is 12.3. The van der Waals surface area contributed by atoms with Crippen molar-refractivity contribution in [2.75, 3.05) is 0 Å². The van der Waals surface area contributed by atoms with E-state index in [1.54, 1.807) is 0 Å². The molecule has 1 rings (SSSR count). The highest BCUT2D eigenvalue weighted by atomic mass is 32.2. The normalized spacial score (nSPS) is 13.2. The molecule has 0 saturated carbocycles. The van der Waals surface area contributed by atoms with Gasteiger partial charge >= 0.3 is 0 Å². The molecule has 0 radical (unpaired) electrons. The van der Waals surface area contributed by atoms with Crippen LogP contribution in [0.3, 0.4) is 0 Å². The zero-order valence-corrected chi connectivity index (χ0v) is 11.7. The van der Waals surface area contributed by atoms with Gasteiger partial charge in [0.15, 0.2) is 0 Å². The number of thioether (sulfide) groups is 1. The number of rotatable bonds is 4. The van der Waals surface area contributed by atoms with Gasteiger partial charge in [-0.05, 0) is 25.8 Å². The van der Waals surface area contributed by atoms with E-state index in [0.29, 0.717) is 17.7 Å². The fourth-order valence-electron chi connectivity index (χ4n) is 1.51. The van der Waals surface area contributed by atoms with Crippen LogP contribution in [-0.2, 0) is 6.54 Å². The van der Waals surface area contributed by atoms with Crippen molar-refractivity contribution in [1.82, 2.24) is 4.98 Å². The minimum atomic E-state index is 0.576. The van der Waals surface area contributed by atoms with E-state index < -0.39 is 0 Å². The molecule has 1 heterocycles. The van der Waals surface area contributed by atoms with Gasteiger partial charge in [0.25, 0.3) is 0 Å². The average Bonchev–Trinajstić information content (AvgIpc) is 2.16. The molecular formula is C13H22N2S. The minimum Gasteiger partial charge on any atom is -0.326 e. The molecule has 0 fully saturated rings. The first-order valence-electron chi connectivity index (χ1n) is 5.79. The summed E-state index contributed by atoms with van der Waals surface area (Å²) >= 11 is 1.91. The molecule has 3 heteroatoms. The van der Waals surface area contributed by atoms with Crippen LogP contribution in [0.4, 0.5) is 0 Å². The van der Waals surface area contributed by atoms with Gasteiger partial charge in [-0.15, -0.1) is 11.8 Å². The Bertz CT molecular complexity index is 361. The second kappa shape index (κ2) is 5.69. The van der Waals surface area contributed by atoms with Gasteiger partial charge in [-0.3, -0.25) is 4.98 Å². The Labute approximate surface area is 103 Å². The Balaban J connectivity index is 3.02. The highest BCUT2D eigenvalue weighted by molar-refractivity contribution is 8.00. The summed E-state index contributed by atoms with van der Waals surface area (Å²) in [5.41, 5.74) is 9.14. The van der Waals surface area contributed by atoms with Crippen molar-refractivity contribution in [2.45, 2.75) is 51.3 Å². The van der Waals surface area contributed by atoms with Crippen molar-refractivity contribution >= 4 is 11.8 Å². The van der Waals surface area contributed by atoms with E-state index in [4.69, 9.17) is 5.73 Å². The second-order valence-electron chi connectivity index (χ2n) is 4.60. The van der Waals surface area contributed by atoms with Crippen molar-refractivity contribution in [3.05, 3.63) is 23.0 Å². The fraction of sp³-hybridized carbons (Fsp3) is 0.615. The number of nitrogens with zero attached hydrogens (tertiary/aromatic N) is 1. The maximum atomic E-state index is 5.80. The van der Waals surface area contributed by atoms with Crippen LogP contribution in [0.2, 0.25) is 0 Å². The predicted octanol–water partition coefficient (Wildman–Crippen LogP) is 3.29. The van der Waals surface area contributed by atoms with Crippen molar-refractivity contribution in [2.24, 2.45) is 11.7 Å². The third kappa shape index (κ3) is 3.22. The van der Waals surface area contributed by atoms with E-state index in [1.165, 1.54) is 10.5 Å². The van der Waals surface area contributed by atoms with Crippen LogP contribution >= 0.6 is 11.8 Å². The summed E-state index contributed by atoms with van der Waals surface area (Å²) in [5.74, 6) is 0.671. The molecule has 16 heavy (non-hydrogen) atoms. The Morgan fingerprint density at radius 2 is 1.94 bits per heavy atom. The monoisotopic (exact) mass is 238 g/mol. The molecule has 1 atom stereocenters. The fourth-order valence-corrected chi connectivity index (χ4v) is 2.79. The van der Waals surface area contributed by atoms with Crippen LogP contribution in [0.1, 0.15) is 37.7 Å². The van der Waals surface area contributed by atoms with Gasteiger partial charge in [-0.25, -0.2) is 0 Å². The molecule has 0 spiro atoms. The first kappa shape index (κ1) is 13.5. The van der Waals surface area contributed by atoms with Gasteiger partial charge in [-0.1, -0.05) is 20.8 Å². The first-order valence-corrected chi connectivity index (χ1v) is 6.67. The van der Waals surface area contributed by atoms with Crippen LogP contribution in [0.5, 0.6) is 0 Å². The molecule has 2 nitrogen and oxygen atoms in total. The third-order valence-electron chi connectivity index (χ3n) is 2.87. The summed E-state index contributed by atoms with van der Waals surface area (Å²) < 4.78 is 0. The van der Waals surface area contributed by atoms with E-state index in [2.05, 4.69) is 31.8 Å². The summed E-state index contributed by atoms with van der Waals surface area (Å²) in [6.45, 7) is 11.4. The molecule has 1 unspecified atom stereocenters. The molecule has 0 aromatic carbocycles. The number of hydrogen-bond donors (Lipinski definition) is 1. The molecule has 0 saturated heterocycles. The average molecular weight is 238 g/mol. The van der Waals surface area contributed by atoms with E-state index >= 15 is 0 Å². The molecule has 0 aliphatic carbocycles. The SMILES string of the molecule is Cc1cc(SC(C)C(C)C)c(CN)c(C)n1. The summed E-state index contributed by atoms with van der Waals surface area (Å²) in [6.07, 6.45) is 0. The molecule has 1 aromatic heterocycles. The van der Waals surface area contributed by atoms with E-state index in [-0.39, 0.29) is 0 Å². The minimum absolute atomic E-state index is 0.576. The Morgan fingerprint density at radius 3 is 2.44 bits per heavy atom. The van der Waals surface area contributed by atoms with Gasteiger partial charge in [0, 0.05) is 33.6 Å². The quantitative estimate of drug-likeness (QED) is 0.818. The van der Waals surface area contributed by atoms with Gasteiger partial charge < -0.3 is 5.73 Å². The molecule has 0 aliphatic rings. The summed E-state index contributed by atoms with van der Waals surface area (Å²) in [6, 6.07) is 2.15. The van der Waals surface area contributed by atoms with Crippen molar-refractivity contribution in [3.63, 3.8) is 0 Å². The molecule has 2 N–H and O–H groups in total. The van der Waals surface area contributed by atoms with E-state index in [0.717, 1.165) is 11.4 Å². The third-order valence-corrected chi connectivity index (χ3v) is 4.41. The van der Waals surface area contributed by atoms with Crippen molar-refractivity contribution in [1.29, 1.82) is 0 Å². The smallest absolute Gasteiger partial charge is 0.0431 e. The van der Waals surface area contributed by atoms with Crippen molar-refractivity contribution < 1.29 is 0 Å².